The Bertz CT molecular complexity index is 445. The number of nitrogens with zero attached hydrogens (tertiary/aromatic N) is 6. The Morgan fingerprint density at radius 2 is 0.500 bits per heavy atom. The van der Waals surface area contributed by atoms with Crippen LogP contribution in [-0.2, 0) is 0 Å². The highest BCUT2D eigenvalue weighted by Crippen LogP contribution is 2.61. The molecule has 7 heteroatoms. The summed E-state index contributed by atoms with van der Waals surface area (Å²) >= 11 is 0. The molecule has 0 amide bonds. The van der Waals surface area contributed by atoms with Crippen LogP contribution < -0.4 is 0 Å². The predicted octanol–water partition coefficient (Wildman–Crippen LogP) is 2.28. The molecule has 3 saturated heterocycles. The summed E-state index contributed by atoms with van der Waals surface area (Å²) in [5, 5.41) is 0. The van der Waals surface area contributed by atoms with Gasteiger partial charge in [0.05, 0.1) is 17.7 Å². The molecule has 6 nitrogen and oxygen atoms in total. The van der Waals surface area contributed by atoms with E-state index in [2.05, 4.69) is 113 Å². The van der Waals surface area contributed by atoms with Crippen LogP contribution in [0.1, 0.15) is 41.5 Å². The molecule has 3 heterocycles. The molecule has 0 aromatic heterocycles. The van der Waals surface area contributed by atoms with Crippen LogP contribution in [0.15, 0.2) is 0 Å². The van der Waals surface area contributed by atoms with Gasteiger partial charge >= 0.3 is 0 Å². The van der Waals surface area contributed by atoms with Crippen molar-refractivity contribution in [3.05, 3.63) is 0 Å². The molecule has 3 aliphatic rings. The molecule has 164 valence electrons. The van der Waals surface area contributed by atoms with Gasteiger partial charge in [0.25, 0.3) is 0 Å². The minimum atomic E-state index is -0.404. The van der Waals surface area contributed by atoms with Crippen LogP contribution in [0.5, 0.6) is 0 Å². The van der Waals surface area contributed by atoms with Crippen LogP contribution in [0.4, 0.5) is 0 Å². The van der Waals surface area contributed by atoms with Gasteiger partial charge in [-0.05, 0) is 91.8 Å². The molecular formula is C21H45N6P. The van der Waals surface area contributed by atoms with E-state index in [1.807, 2.05) is 0 Å². The SMILES string of the molecule is CC1C(C)N(C)C(P(C2N(C)C(C)C(C)N2C)C2N(C)C(C)C(C)N2C)N1C. The zero-order valence-corrected chi connectivity index (χ0v) is 21.2. The number of rotatable bonds is 3. The van der Waals surface area contributed by atoms with E-state index in [1.165, 1.54) is 0 Å². The Morgan fingerprint density at radius 3 is 0.643 bits per heavy atom. The Kier molecular flexibility index (Phi) is 6.56. The maximum absolute atomic E-state index is 2.67. The summed E-state index contributed by atoms with van der Waals surface area (Å²) in [4.78, 5) is 16.0. The van der Waals surface area contributed by atoms with Crippen molar-refractivity contribution < 1.29 is 0 Å². The van der Waals surface area contributed by atoms with Crippen molar-refractivity contribution in [1.29, 1.82) is 0 Å². The average Bonchev–Trinajstić information content (AvgIpc) is 3.06. The first-order chi connectivity index (χ1) is 12.9. The lowest BCUT2D eigenvalue weighted by molar-refractivity contribution is 0.181. The Morgan fingerprint density at radius 1 is 0.357 bits per heavy atom. The van der Waals surface area contributed by atoms with Gasteiger partial charge < -0.3 is 0 Å². The van der Waals surface area contributed by atoms with E-state index in [0.717, 1.165) is 0 Å². The molecule has 0 spiro atoms. The zero-order chi connectivity index (χ0) is 21.2. The Balaban J connectivity index is 2.08. The maximum Gasteiger partial charge on any atom is 0.0881 e. The van der Waals surface area contributed by atoms with Crippen LogP contribution in [0, 0.1) is 0 Å². The molecular weight excluding hydrogens is 367 g/mol. The van der Waals surface area contributed by atoms with Crippen LogP contribution in [0.3, 0.4) is 0 Å². The zero-order valence-electron chi connectivity index (χ0n) is 20.3. The Hall–Kier alpha value is 0.190. The highest BCUT2D eigenvalue weighted by molar-refractivity contribution is 7.59. The third kappa shape index (κ3) is 3.19. The van der Waals surface area contributed by atoms with Crippen molar-refractivity contribution in [2.24, 2.45) is 0 Å². The van der Waals surface area contributed by atoms with E-state index in [0.29, 0.717) is 54.0 Å². The van der Waals surface area contributed by atoms with E-state index in [4.69, 9.17) is 0 Å². The van der Waals surface area contributed by atoms with Gasteiger partial charge in [-0.25, -0.2) is 0 Å². The number of hydrogen-bond donors (Lipinski definition) is 0. The maximum atomic E-state index is 2.67. The molecule has 28 heavy (non-hydrogen) atoms. The quantitative estimate of drug-likeness (QED) is 0.658. The van der Waals surface area contributed by atoms with Crippen molar-refractivity contribution in [3.63, 3.8) is 0 Å². The molecule has 0 aromatic rings. The first kappa shape index (κ1) is 22.9. The predicted molar refractivity (Wildman–Crippen MR) is 122 cm³/mol. The van der Waals surface area contributed by atoms with Gasteiger partial charge in [-0.1, -0.05) is 0 Å². The van der Waals surface area contributed by atoms with Crippen molar-refractivity contribution in [2.45, 2.75) is 95.5 Å². The van der Waals surface area contributed by atoms with E-state index < -0.39 is 7.92 Å². The van der Waals surface area contributed by atoms with Crippen LogP contribution in [0.2, 0.25) is 0 Å². The van der Waals surface area contributed by atoms with Gasteiger partial charge in [-0.15, -0.1) is 0 Å². The molecule has 0 radical (unpaired) electrons. The van der Waals surface area contributed by atoms with Gasteiger partial charge in [0.1, 0.15) is 0 Å². The van der Waals surface area contributed by atoms with Crippen LogP contribution in [-0.4, -0.2) is 126 Å². The molecule has 0 bridgehead atoms. The fourth-order valence-corrected chi connectivity index (χ4v) is 10.3. The fourth-order valence-electron chi connectivity index (χ4n) is 5.79. The van der Waals surface area contributed by atoms with E-state index >= 15 is 0 Å². The summed E-state index contributed by atoms with van der Waals surface area (Å²) in [5.41, 5.74) is 0. The topological polar surface area (TPSA) is 19.4 Å². The normalized spacial score (nSPS) is 49.5. The molecule has 3 aliphatic heterocycles. The minimum Gasteiger partial charge on any atom is -0.283 e. The largest absolute Gasteiger partial charge is 0.283 e. The van der Waals surface area contributed by atoms with Gasteiger partial charge in [0.2, 0.25) is 0 Å². The van der Waals surface area contributed by atoms with Gasteiger partial charge in [0, 0.05) is 36.3 Å². The van der Waals surface area contributed by atoms with Gasteiger partial charge in [0.15, 0.2) is 0 Å². The summed E-state index contributed by atoms with van der Waals surface area (Å²) in [6.45, 7) is 14.4. The second kappa shape index (κ2) is 8.03. The summed E-state index contributed by atoms with van der Waals surface area (Å²) in [6.07, 6.45) is 0. The highest BCUT2D eigenvalue weighted by Gasteiger charge is 2.56. The van der Waals surface area contributed by atoms with E-state index in [-0.39, 0.29) is 0 Å². The van der Waals surface area contributed by atoms with Crippen LogP contribution >= 0.6 is 7.92 Å². The summed E-state index contributed by atoms with van der Waals surface area (Å²) < 4.78 is 0. The highest BCUT2D eigenvalue weighted by atomic mass is 31.1. The number of likely N-dealkylation sites (N-methyl/N-ethyl adjacent to an activating group) is 6. The van der Waals surface area contributed by atoms with E-state index in [1.54, 1.807) is 0 Å². The molecule has 3 fully saturated rings. The molecule has 0 saturated carbocycles. The summed E-state index contributed by atoms with van der Waals surface area (Å²) in [5.74, 6) is 1.46. The van der Waals surface area contributed by atoms with E-state index in [9.17, 15) is 0 Å². The fraction of sp³-hybridized carbons (Fsp3) is 1.00. The average molecular weight is 413 g/mol. The van der Waals surface area contributed by atoms with Crippen molar-refractivity contribution in [3.8, 4) is 0 Å². The molecule has 0 aromatic carbocycles. The van der Waals surface area contributed by atoms with Crippen molar-refractivity contribution in [1.82, 2.24) is 29.4 Å². The first-order valence-corrected chi connectivity index (χ1v) is 12.6. The number of hydrogen-bond acceptors (Lipinski definition) is 6. The minimum absolute atomic E-state index is 0.404. The van der Waals surface area contributed by atoms with Gasteiger partial charge in [-0.3, -0.25) is 29.4 Å². The third-order valence-corrected chi connectivity index (χ3v) is 12.7. The molecule has 0 N–H and O–H groups in total. The third-order valence-electron chi connectivity index (χ3n) is 8.93. The summed E-state index contributed by atoms with van der Waals surface area (Å²) in [7, 11) is 13.7. The molecule has 6 atom stereocenters. The second-order valence-corrected chi connectivity index (χ2v) is 12.2. The lowest BCUT2D eigenvalue weighted by Crippen LogP contribution is -2.51. The standard InChI is InChI=1S/C21H45N6P/c1-13-14(2)23(8)19(22(13)7)28(20-24(9)15(3)16(4)25(20)10)21-26(11)17(5)18(6)27(21)12/h13-21H,1-12H3. The Labute approximate surface area is 175 Å². The second-order valence-electron chi connectivity index (χ2n) is 9.92. The lowest BCUT2D eigenvalue weighted by atomic mass is 10.2. The molecule has 0 aliphatic carbocycles. The summed E-state index contributed by atoms with van der Waals surface area (Å²) in [6, 6.07) is 3.49. The van der Waals surface area contributed by atoms with Crippen LogP contribution in [0.25, 0.3) is 0 Å². The van der Waals surface area contributed by atoms with Crippen molar-refractivity contribution >= 4 is 7.92 Å². The monoisotopic (exact) mass is 412 g/mol. The lowest BCUT2D eigenvalue weighted by Gasteiger charge is -2.48. The smallest absolute Gasteiger partial charge is 0.0881 e. The van der Waals surface area contributed by atoms with Crippen molar-refractivity contribution in [2.75, 3.05) is 42.3 Å². The molecule has 6 unspecified atom stereocenters. The first-order valence-electron chi connectivity index (χ1n) is 11.0. The van der Waals surface area contributed by atoms with Gasteiger partial charge in [-0.2, -0.15) is 0 Å². The molecule has 3 rings (SSSR count).